The molecular weight excluding hydrogens is 380 g/mol. The number of methoxy groups -OCH3 is 1. The van der Waals surface area contributed by atoms with Crippen LogP contribution in [-0.4, -0.2) is 53.2 Å². The fraction of sp³-hybridized carbons (Fsp3) is 0.950. The molecule has 0 saturated heterocycles. The van der Waals surface area contributed by atoms with Crippen LogP contribution in [0.5, 0.6) is 0 Å². The predicted octanol–water partition coefficient (Wildman–Crippen LogP) is 5.45. The number of rotatable bonds is 20. The van der Waals surface area contributed by atoms with E-state index in [0.717, 1.165) is 24.6 Å². The van der Waals surface area contributed by atoms with E-state index >= 15 is 0 Å². The standard InChI is InChI=1S/C20H42O5SSi/c1-5-8-9-10-11-12-13-14-16-25-27(23-6-2,24-7-3)18-15-17-26-20(21)19-22-4/h5-19H2,1-4H3. The van der Waals surface area contributed by atoms with Gasteiger partial charge in [0.1, 0.15) is 6.61 Å². The second-order valence-corrected chi connectivity index (χ2v) is 10.5. The average Bonchev–Trinajstić information content (AvgIpc) is 2.65. The van der Waals surface area contributed by atoms with Crippen LogP contribution in [0.15, 0.2) is 0 Å². The molecule has 0 aliphatic rings. The van der Waals surface area contributed by atoms with E-state index in [1.54, 1.807) is 7.11 Å². The number of carbonyl (C=O) groups excluding carboxylic acids is 1. The Morgan fingerprint density at radius 1 is 0.815 bits per heavy atom. The second kappa shape index (κ2) is 19.4. The number of carbonyl (C=O) groups is 1. The van der Waals surface area contributed by atoms with Gasteiger partial charge in [0, 0.05) is 38.7 Å². The first kappa shape index (κ1) is 27.1. The third-order valence-corrected chi connectivity index (χ3v) is 8.20. The summed E-state index contributed by atoms with van der Waals surface area (Å²) in [6, 6.07) is 0.763. The first-order chi connectivity index (χ1) is 13.1. The third-order valence-electron chi connectivity index (χ3n) is 4.20. The highest BCUT2D eigenvalue weighted by molar-refractivity contribution is 8.13. The maximum Gasteiger partial charge on any atom is 0.500 e. The third kappa shape index (κ3) is 15.7. The summed E-state index contributed by atoms with van der Waals surface area (Å²) in [7, 11) is -1.09. The number of hydrogen-bond acceptors (Lipinski definition) is 6. The maximum atomic E-state index is 11.5. The fourth-order valence-corrected chi connectivity index (χ4v) is 6.48. The van der Waals surface area contributed by atoms with E-state index in [1.165, 1.54) is 56.7 Å². The minimum Gasteiger partial charge on any atom is -0.376 e. The molecule has 0 aromatic heterocycles. The van der Waals surface area contributed by atoms with Crippen LogP contribution in [0.3, 0.4) is 0 Å². The number of thioether (sulfide) groups is 1. The van der Waals surface area contributed by atoms with E-state index in [1.807, 2.05) is 13.8 Å². The van der Waals surface area contributed by atoms with Crippen LogP contribution in [0.2, 0.25) is 6.04 Å². The van der Waals surface area contributed by atoms with Gasteiger partial charge in [0.2, 0.25) is 5.12 Å². The Morgan fingerprint density at radius 2 is 1.41 bits per heavy atom. The Labute approximate surface area is 172 Å². The molecule has 0 fully saturated rings. The van der Waals surface area contributed by atoms with E-state index in [9.17, 15) is 4.79 Å². The zero-order chi connectivity index (χ0) is 20.2. The minimum absolute atomic E-state index is 0.0671. The molecule has 0 spiro atoms. The number of unbranched alkanes of at least 4 members (excludes halogenated alkanes) is 7. The van der Waals surface area contributed by atoms with Crippen LogP contribution in [0.1, 0.15) is 78.6 Å². The Balaban J connectivity index is 4.11. The molecule has 0 aromatic carbocycles. The van der Waals surface area contributed by atoms with Gasteiger partial charge in [0.25, 0.3) is 0 Å². The Morgan fingerprint density at radius 3 is 1.96 bits per heavy atom. The minimum atomic E-state index is -2.63. The van der Waals surface area contributed by atoms with Crippen molar-refractivity contribution in [2.24, 2.45) is 0 Å². The normalized spacial score (nSPS) is 11.9. The van der Waals surface area contributed by atoms with E-state index in [-0.39, 0.29) is 11.7 Å². The van der Waals surface area contributed by atoms with E-state index in [2.05, 4.69) is 6.92 Å². The van der Waals surface area contributed by atoms with Crippen LogP contribution in [0.4, 0.5) is 0 Å². The topological polar surface area (TPSA) is 54.0 Å². The summed E-state index contributed by atoms with van der Waals surface area (Å²) in [6.07, 6.45) is 11.1. The lowest BCUT2D eigenvalue weighted by Gasteiger charge is -2.29. The van der Waals surface area contributed by atoms with Gasteiger partial charge < -0.3 is 18.0 Å². The molecule has 0 aliphatic heterocycles. The van der Waals surface area contributed by atoms with Gasteiger partial charge in [-0.05, 0) is 26.7 Å². The maximum absolute atomic E-state index is 11.5. The summed E-state index contributed by atoms with van der Waals surface area (Å²) >= 11 is 1.31. The van der Waals surface area contributed by atoms with Gasteiger partial charge >= 0.3 is 8.80 Å². The lowest BCUT2D eigenvalue weighted by Crippen LogP contribution is -2.46. The summed E-state index contributed by atoms with van der Waals surface area (Å²) in [4.78, 5) is 11.5. The summed E-state index contributed by atoms with van der Waals surface area (Å²) in [5.41, 5.74) is 0. The molecule has 27 heavy (non-hydrogen) atoms. The van der Waals surface area contributed by atoms with Crippen LogP contribution in [0, 0.1) is 0 Å². The fourth-order valence-electron chi connectivity index (χ4n) is 2.88. The highest BCUT2D eigenvalue weighted by Crippen LogP contribution is 2.21. The van der Waals surface area contributed by atoms with Crippen molar-refractivity contribution in [1.29, 1.82) is 0 Å². The highest BCUT2D eigenvalue weighted by atomic mass is 32.2. The predicted molar refractivity (Wildman–Crippen MR) is 116 cm³/mol. The van der Waals surface area contributed by atoms with Crippen molar-refractivity contribution in [1.82, 2.24) is 0 Å². The Bertz CT molecular complexity index is 338. The smallest absolute Gasteiger partial charge is 0.376 e. The molecule has 0 heterocycles. The molecule has 0 amide bonds. The van der Waals surface area contributed by atoms with Gasteiger partial charge in [0.05, 0.1) is 0 Å². The molecular formula is C20H42O5SSi. The first-order valence-electron chi connectivity index (χ1n) is 10.7. The lowest BCUT2D eigenvalue weighted by atomic mass is 10.1. The average molecular weight is 423 g/mol. The summed E-state index contributed by atoms with van der Waals surface area (Å²) in [5, 5.41) is 0.0671. The molecule has 0 atom stereocenters. The molecule has 0 aromatic rings. The van der Waals surface area contributed by atoms with Crippen molar-refractivity contribution in [3.63, 3.8) is 0 Å². The van der Waals surface area contributed by atoms with Crippen LogP contribution in [0.25, 0.3) is 0 Å². The molecule has 0 N–H and O–H groups in total. The Kier molecular flexibility index (Phi) is 19.5. The van der Waals surface area contributed by atoms with Crippen molar-refractivity contribution in [3.8, 4) is 0 Å². The highest BCUT2D eigenvalue weighted by Gasteiger charge is 2.39. The molecule has 5 nitrogen and oxygen atoms in total. The van der Waals surface area contributed by atoms with E-state index in [0.29, 0.717) is 19.8 Å². The van der Waals surface area contributed by atoms with Crippen LogP contribution in [-0.2, 0) is 22.8 Å². The van der Waals surface area contributed by atoms with Crippen LogP contribution < -0.4 is 0 Å². The van der Waals surface area contributed by atoms with Crippen LogP contribution >= 0.6 is 11.8 Å². The molecule has 0 aliphatic carbocycles. The van der Waals surface area contributed by atoms with E-state index < -0.39 is 8.80 Å². The SMILES string of the molecule is CCCCCCCCCCO[Si](CCCSC(=O)COC)(OCC)OCC. The molecule has 0 radical (unpaired) electrons. The largest absolute Gasteiger partial charge is 0.500 e. The first-order valence-corrected chi connectivity index (χ1v) is 13.6. The van der Waals surface area contributed by atoms with Gasteiger partial charge in [-0.25, -0.2) is 0 Å². The monoisotopic (exact) mass is 422 g/mol. The second-order valence-electron chi connectivity index (χ2n) is 6.63. The van der Waals surface area contributed by atoms with Crippen molar-refractivity contribution < 1.29 is 22.8 Å². The number of ether oxygens (including phenoxy) is 1. The number of hydrogen-bond donors (Lipinski definition) is 0. The van der Waals surface area contributed by atoms with Gasteiger partial charge in [-0.15, -0.1) is 0 Å². The van der Waals surface area contributed by atoms with Gasteiger partial charge in [-0.1, -0.05) is 63.6 Å². The molecule has 0 saturated carbocycles. The van der Waals surface area contributed by atoms with Crippen molar-refractivity contribution in [2.45, 2.75) is 84.6 Å². The quantitative estimate of drug-likeness (QED) is 0.192. The van der Waals surface area contributed by atoms with Gasteiger partial charge in [-0.2, -0.15) is 0 Å². The lowest BCUT2D eigenvalue weighted by molar-refractivity contribution is -0.114. The van der Waals surface area contributed by atoms with E-state index in [4.69, 9.17) is 18.0 Å². The molecule has 162 valence electrons. The summed E-state index contributed by atoms with van der Waals surface area (Å²) < 4.78 is 23.0. The van der Waals surface area contributed by atoms with Crippen molar-refractivity contribution >= 4 is 25.7 Å². The zero-order valence-corrected chi connectivity index (χ0v) is 19.9. The van der Waals surface area contributed by atoms with Gasteiger partial charge in [-0.3, -0.25) is 4.79 Å². The molecule has 0 unspecified atom stereocenters. The zero-order valence-electron chi connectivity index (χ0n) is 18.1. The molecule has 7 heteroatoms. The molecule has 0 bridgehead atoms. The van der Waals surface area contributed by atoms with Crippen molar-refractivity contribution in [3.05, 3.63) is 0 Å². The van der Waals surface area contributed by atoms with Crippen molar-refractivity contribution in [2.75, 3.05) is 39.3 Å². The van der Waals surface area contributed by atoms with Gasteiger partial charge in [0.15, 0.2) is 0 Å². The molecule has 0 rings (SSSR count). The summed E-state index contributed by atoms with van der Waals surface area (Å²) in [5.74, 6) is 0.748. The Hall–Kier alpha value is 0.0769. The summed E-state index contributed by atoms with van der Waals surface area (Å²) in [6.45, 7) is 8.28.